The van der Waals surface area contributed by atoms with E-state index < -0.39 is 6.10 Å². The fourth-order valence-corrected chi connectivity index (χ4v) is 1.26. The second-order valence-electron chi connectivity index (χ2n) is 3.29. The number of aldehydes is 1. The molecule has 0 aliphatic rings. The molecule has 0 spiro atoms. The second kappa shape index (κ2) is 5.73. The number of aliphatic hydroxyl groups excluding tert-OH is 1. The number of hydrogen-bond donors (Lipinski definition) is 1. The van der Waals surface area contributed by atoms with Crippen LogP contribution in [0.5, 0.6) is 5.75 Å². The van der Waals surface area contributed by atoms with Crippen molar-refractivity contribution in [2.24, 2.45) is 0 Å². The molecule has 0 bridgehead atoms. The molecule has 3 nitrogen and oxygen atoms in total. The van der Waals surface area contributed by atoms with Gasteiger partial charge in [-0.25, -0.2) is 0 Å². The standard InChI is InChI=1S/C11H13ClO3/c1-8(14)4-5-15-11-3-2-10(12)6-9(11)7-13/h2-3,6-8,14H,4-5H2,1H3. The van der Waals surface area contributed by atoms with E-state index in [9.17, 15) is 4.79 Å². The minimum atomic E-state index is -0.406. The Morgan fingerprint density at radius 1 is 1.60 bits per heavy atom. The van der Waals surface area contributed by atoms with Crippen LogP contribution in [0.4, 0.5) is 0 Å². The quantitative estimate of drug-likeness (QED) is 0.787. The molecular formula is C11H13ClO3. The van der Waals surface area contributed by atoms with Gasteiger partial charge < -0.3 is 9.84 Å². The Bertz CT molecular complexity index is 337. The zero-order valence-corrected chi connectivity index (χ0v) is 9.20. The van der Waals surface area contributed by atoms with Crippen molar-refractivity contribution in [3.63, 3.8) is 0 Å². The zero-order valence-electron chi connectivity index (χ0n) is 8.44. The van der Waals surface area contributed by atoms with Gasteiger partial charge in [-0.2, -0.15) is 0 Å². The molecule has 0 saturated heterocycles. The van der Waals surface area contributed by atoms with Gasteiger partial charge in [0.15, 0.2) is 6.29 Å². The zero-order chi connectivity index (χ0) is 11.3. The monoisotopic (exact) mass is 228 g/mol. The van der Waals surface area contributed by atoms with Crippen LogP contribution in [-0.4, -0.2) is 24.1 Å². The summed E-state index contributed by atoms with van der Waals surface area (Å²) in [6.07, 6.45) is 0.821. The molecule has 0 aliphatic heterocycles. The average molecular weight is 229 g/mol. The van der Waals surface area contributed by atoms with Crippen LogP contribution in [0.1, 0.15) is 23.7 Å². The van der Waals surface area contributed by atoms with Crippen molar-refractivity contribution < 1.29 is 14.6 Å². The van der Waals surface area contributed by atoms with Crippen molar-refractivity contribution in [3.8, 4) is 5.75 Å². The van der Waals surface area contributed by atoms with E-state index in [4.69, 9.17) is 21.4 Å². The van der Waals surface area contributed by atoms with Crippen molar-refractivity contribution >= 4 is 17.9 Å². The van der Waals surface area contributed by atoms with Gasteiger partial charge in [0.1, 0.15) is 5.75 Å². The molecule has 0 heterocycles. The first-order valence-corrected chi connectivity index (χ1v) is 5.07. The summed E-state index contributed by atoms with van der Waals surface area (Å²) in [6, 6.07) is 4.85. The number of ether oxygens (including phenoxy) is 1. The van der Waals surface area contributed by atoms with Gasteiger partial charge in [0.25, 0.3) is 0 Å². The van der Waals surface area contributed by atoms with E-state index in [0.29, 0.717) is 35.6 Å². The maximum atomic E-state index is 10.7. The minimum Gasteiger partial charge on any atom is -0.493 e. The number of hydrogen-bond acceptors (Lipinski definition) is 3. The molecule has 0 saturated carbocycles. The van der Waals surface area contributed by atoms with Crippen molar-refractivity contribution in [2.45, 2.75) is 19.4 Å². The summed E-state index contributed by atoms with van der Waals surface area (Å²) >= 11 is 5.73. The number of benzene rings is 1. The highest BCUT2D eigenvalue weighted by Crippen LogP contribution is 2.21. The van der Waals surface area contributed by atoms with E-state index in [2.05, 4.69) is 0 Å². The lowest BCUT2D eigenvalue weighted by Crippen LogP contribution is -2.08. The Hall–Kier alpha value is -1.06. The predicted octanol–water partition coefficient (Wildman–Crippen LogP) is 2.30. The molecule has 1 aromatic rings. The van der Waals surface area contributed by atoms with Crippen molar-refractivity contribution in [2.75, 3.05) is 6.61 Å². The molecule has 0 radical (unpaired) electrons. The van der Waals surface area contributed by atoms with E-state index in [1.807, 2.05) is 0 Å². The van der Waals surface area contributed by atoms with Crippen LogP contribution in [0, 0.1) is 0 Å². The minimum absolute atomic E-state index is 0.375. The maximum Gasteiger partial charge on any atom is 0.153 e. The predicted molar refractivity (Wildman–Crippen MR) is 58.6 cm³/mol. The average Bonchev–Trinajstić information content (AvgIpc) is 2.19. The van der Waals surface area contributed by atoms with Gasteiger partial charge >= 0.3 is 0 Å². The number of rotatable bonds is 5. The maximum absolute atomic E-state index is 10.7. The van der Waals surface area contributed by atoms with Gasteiger partial charge in [0.05, 0.1) is 18.3 Å². The van der Waals surface area contributed by atoms with Crippen molar-refractivity contribution in [1.82, 2.24) is 0 Å². The van der Waals surface area contributed by atoms with E-state index in [0.717, 1.165) is 0 Å². The molecular weight excluding hydrogens is 216 g/mol. The molecule has 0 aromatic heterocycles. The number of aliphatic hydroxyl groups is 1. The van der Waals surface area contributed by atoms with Crippen LogP contribution in [0.15, 0.2) is 18.2 Å². The van der Waals surface area contributed by atoms with Crippen LogP contribution in [-0.2, 0) is 0 Å². The Morgan fingerprint density at radius 2 is 2.33 bits per heavy atom. The first kappa shape index (κ1) is 12.0. The summed E-state index contributed by atoms with van der Waals surface area (Å²) in [5, 5.41) is 9.53. The summed E-state index contributed by atoms with van der Waals surface area (Å²) in [7, 11) is 0. The molecule has 1 unspecified atom stereocenters. The number of carbonyl (C=O) groups excluding carboxylic acids is 1. The Balaban J connectivity index is 2.64. The van der Waals surface area contributed by atoms with E-state index in [1.165, 1.54) is 0 Å². The third-order valence-corrected chi connectivity index (χ3v) is 2.13. The molecule has 0 fully saturated rings. The summed E-state index contributed by atoms with van der Waals surface area (Å²) in [5.41, 5.74) is 0.424. The first-order chi connectivity index (χ1) is 7.13. The topological polar surface area (TPSA) is 46.5 Å². The number of halogens is 1. The van der Waals surface area contributed by atoms with Gasteiger partial charge in [0.2, 0.25) is 0 Å². The van der Waals surface area contributed by atoms with Crippen molar-refractivity contribution in [3.05, 3.63) is 28.8 Å². The molecule has 1 rings (SSSR count). The van der Waals surface area contributed by atoms with Gasteiger partial charge in [0, 0.05) is 11.4 Å². The van der Waals surface area contributed by atoms with Gasteiger partial charge in [-0.3, -0.25) is 4.79 Å². The lowest BCUT2D eigenvalue weighted by Gasteiger charge is -2.09. The van der Waals surface area contributed by atoms with Crippen LogP contribution >= 0.6 is 11.6 Å². The van der Waals surface area contributed by atoms with E-state index in [1.54, 1.807) is 25.1 Å². The van der Waals surface area contributed by atoms with E-state index in [-0.39, 0.29) is 0 Å². The molecule has 82 valence electrons. The third-order valence-electron chi connectivity index (χ3n) is 1.89. The van der Waals surface area contributed by atoms with Gasteiger partial charge in [-0.1, -0.05) is 11.6 Å². The third kappa shape index (κ3) is 3.90. The lowest BCUT2D eigenvalue weighted by molar-refractivity contribution is 0.111. The first-order valence-electron chi connectivity index (χ1n) is 4.69. The molecule has 1 N–H and O–H groups in total. The summed E-state index contributed by atoms with van der Waals surface area (Å²) in [5.74, 6) is 0.495. The van der Waals surface area contributed by atoms with Crippen LogP contribution in [0.2, 0.25) is 5.02 Å². The highest BCUT2D eigenvalue weighted by atomic mass is 35.5. The molecule has 4 heteroatoms. The molecule has 0 amide bonds. The molecule has 1 aromatic carbocycles. The summed E-state index contributed by atoms with van der Waals surface area (Å²) in [4.78, 5) is 10.7. The highest BCUT2D eigenvalue weighted by molar-refractivity contribution is 6.30. The van der Waals surface area contributed by atoms with Gasteiger partial charge in [-0.15, -0.1) is 0 Å². The largest absolute Gasteiger partial charge is 0.493 e. The van der Waals surface area contributed by atoms with Crippen LogP contribution in [0.3, 0.4) is 0 Å². The van der Waals surface area contributed by atoms with Crippen molar-refractivity contribution in [1.29, 1.82) is 0 Å². The number of carbonyl (C=O) groups is 1. The summed E-state index contributed by atoms with van der Waals surface area (Å²) < 4.78 is 5.34. The van der Waals surface area contributed by atoms with Crippen LogP contribution in [0.25, 0.3) is 0 Å². The summed E-state index contributed by atoms with van der Waals surface area (Å²) in [6.45, 7) is 2.06. The Labute approximate surface area is 93.6 Å². The second-order valence-corrected chi connectivity index (χ2v) is 3.72. The Morgan fingerprint density at radius 3 is 2.93 bits per heavy atom. The van der Waals surface area contributed by atoms with Crippen LogP contribution < -0.4 is 4.74 Å². The molecule has 0 aliphatic carbocycles. The molecule has 15 heavy (non-hydrogen) atoms. The normalized spacial score (nSPS) is 12.2. The fourth-order valence-electron chi connectivity index (χ4n) is 1.08. The fraction of sp³-hybridized carbons (Fsp3) is 0.364. The smallest absolute Gasteiger partial charge is 0.153 e. The lowest BCUT2D eigenvalue weighted by atomic mass is 10.2. The molecule has 1 atom stereocenters. The van der Waals surface area contributed by atoms with Gasteiger partial charge in [-0.05, 0) is 25.1 Å². The SMILES string of the molecule is CC(O)CCOc1ccc(Cl)cc1C=O. The highest BCUT2D eigenvalue weighted by Gasteiger charge is 2.04. The van der Waals surface area contributed by atoms with E-state index >= 15 is 0 Å². The Kier molecular flexibility index (Phi) is 4.59.